The molecule has 1 aliphatic rings. The van der Waals surface area contributed by atoms with Gasteiger partial charge in [-0.1, -0.05) is 6.92 Å². The predicted octanol–water partition coefficient (Wildman–Crippen LogP) is 3.94. The molecule has 160 valence electrons. The predicted molar refractivity (Wildman–Crippen MR) is 113 cm³/mol. The van der Waals surface area contributed by atoms with Gasteiger partial charge in [0.15, 0.2) is 6.10 Å². The normalized spacial score (nSPS) is 16.3. The minimum absolute atomic E-state index is 0.0276. The van der Waals surface area contributed by atoms with Crippen LogP contribution in [0.4, 0.5) is 5.00 Å². The highest BCUT2D eigenvalue weighted by Crippen LogP contribution is 2.40. The van der Waals surface area contributed by atoms with Gasteiger partial charge < -0.3 is 19.9 Å². The molecule has 0 fully saturated rings. The molecule has 1 aliphatic carbocycles. The number of aromatic hydroxyl groups is 1. The van der Waals surface area contributed by atoms with Crippen LogP contribution in [0.5, 0.6) is 5.75 Å². The number of carbonyl (C=O) groups excluding carboxylic acids is 3. The number of amides is 1. The van der Waals surface area contributed by atoms with E-state index in [1.807, 2.05) is 0 Å². The number of carbonyl (C=O) groups is 3. The zero-order valence-electron chi connectivity index (χ0n) is 17.2. The molecule has 7 nitrogen and oxygen atoms in total. The second-order valence-electron chi connectivity index (χ2n) is 7.36. The van der Waals surface area contributed by atoms with Gasteiger partial charge in [-0.3, -0.25) is 4.79 Å². The van der Waals surface area contributed by atoms with Gasteiger partial charge in [-0.15, -0.1) is 11.3 Å². The number of thiophene rings is 1. The zero-order chi connectivity index (χ0) is 21.8. The van der Waals surface area contributed by atoms with E-state index in [1.54, 1.807) is 6.92 Å². The maximum Gasteiger partial charge on any atom is 0.341 e. The lowest BCUT2D eigenvalue weighted by Crippen LogP contribution is -2.30. The van der Waals surface area contributed by atoms with Crippen molar-refractivity contribution < 1.29 is 29.0 Å². The smallest absolute Gasteiger partial charge is 0.341 e. The summed E-state index contributed by atoms with van der Waals surface area (Å²) >= 11 is 1.38. The largest absolute Gasteiger partial charge is 0.508 e. The van der Waals surface area contributed by atoms with Crippen LogP contribution in [0.1, 0.15) is 58.3 Å². The van der Waals surface area contributed by atoms with Crippen molar-refractivity contribution >= 4 is 34.2 Å². The van der Waals surface area contributed by atoms with Crippen LogP contribution in [-0.4, -0.2) is 35.7 Å². The van der Waals surface area contributed by atoms with Gasteiger partial charge in [0.1, 0.15) is 10.8 Å². The second kappa shape index (κ2) is 9.30. The van der Waals surface area contributed by atoms with Gasteiger partial charge >= 0.3 is 11.9 Å². The number of esters is 2. The lowest BCUT2D eigenvalue weighted by Gasteiger charge is -2.18. The highest BCUT2D eigenvalue weighted by Gasteiger charge is 2.30. The Labute approximate surface area is 179 Å². The van der Waals surface area contributed by atoms with Crippen molar-refractivity contribution in [1.29, 1.82) is 0 Å². The standard InChI is InChI=1S/C22H25NO6S/c1-4-28-22(27)18-16-10-5-12(2)11-17(16)30-20(18)23-19(25)13(3)29-21(26)14-6-8-15(24)9-7-14/h6-9,12-13,24H,4-5,10-11H2,1-3H3,(H,23,25)/t12-,13-/m1/s1. The molecule has 0 radical (unpaired) electrons. The van der Waals surface area contributed by atoms with E-state index in [1.165, 1.54) is 42.5 Å². The first-order valence-corrected chi connectivity index (χ1v) is 10.7. The highest BCUT2D eigenvalue weighted by atomic mass is 32.1. The molecule has 0 bridgehead atoms. The van der Waals surface area contributed by atoms with Gasteiger partial charge in [-0.05, 0) is 68.9 Å². The van der Waals surface area contributed by atoms with Gasteiger partial charge in [0, 0.05) is 4.88 Å². The Morgan fingerprint density at radius 3 is 2.60 bits per heavy atom. The van der Waals surface area contributed by atoms with E-state index >= 15 is 0 Å². The third-order valence-electron chi connectivity index (χ3n) is 4.98. The molecule has 2 atom stereocenters. The van der Waals surface area contributed by atoms with Crippen molar-refractivity contribution in [2.45, 2.75) is 46.1 Å². The van der Waals surface area contributed by atoms with E-state index in [0.717, 1.165) is 29.7 Å². The third kappa shape index (κ3) is 4.81. The Bertz CT molecular complexity index is 949. The average Bonchev–Trinajstić information content (AvgIpc) is 3.05. The number of fused-ring (bicyclic) bond motifs is 1. The second-order valence-corrected chi connectivity index (χ2v) is 8.47. The number of hydrogen-bond acceptors (Lipinski definition) is 7. The molecule has 0 unspecified atom stereocenters. The maximum atomic E-state index is 12.7. The van der Waals surface area contributed by atoms with E-state index in [4.69, 9.17) is 9.47 Å². The quantitative estimate of drug-likeness (QED) is 0.672. The Hall–Kier alpha value is -2.87. The maximum absolute atomic E-state index is 12.7. The Balaban J connectivity index is 1.75. The summed E-state index contributed by atoms with van der Waals surface area (Å²) in [5.74, 6) is -1.12. The van der Waals surface area contributed by atoms with Gasteiger partial charge in [-0.25, -0.2) is 9.59 Å². The van der Waals surface area contributed by atoms with Crippen molar-refractivity contribution in [1.82, 2.24) is 0 Å². The van der Waals surface area contributed by atoms with Crippen LogP contribution in [-0.2, 0) is 27.1 Å². The van der Waals surface area contributed by atoms with Crippen molar-refractivity contribution in [2.75, 3.05) is 11.9 Å². The molecule has 2 aromatic rings. The summed E-state index contributed by atoms with van der Waals surface area (Å²) in [6.07, 6.45) is 1.53. The summed E-state index contributed by atoms with van der Waals surface area (Å²) < 4.78 is 10.4. The Morgan fingerprint density at radius 2 is 1.93 bits per heavy atom. The van der Waals surface area contributed by atoms with Crippen LogP contribution in [0.3, 0.4) is 0 Å². The SMILES string of the molecule is CCOC(=O)c1c(NC(=O)[C@@H](C)OC(=O)c2ccc(O)cc2)sc2c1CC[C@@H](C)C2. The molecule has 3 rings (SSSR count). The lowest BCUT2D eigenvalue weighted by molar-refractivity contribution is -0.123. The lowest BCUT2D eigenvalue weighted by atomic mass is 9.88. The summed E-state index contributed by atoms with van der Waals surface area (Å²) in [5, 5.41) is 12.5. The van der Waals surface area contributed by atoms with E-state index in [-0.39, 0.29) is 17.9 Å². The van der Waals surface area contributed by atoms with Crippen molar-refractivity contribution in [3.05, 3.63) is 45.8 Å². The molecule has 0 saturated heterocycles. The number of benzene rings is 1. The van der Waals surface area contributed by atoms with Crippen molar-refractivity contribution in [3.63, 3.8) is 0 Å². The van der Waals surface area contributed by atoms with E-state index in [0.29, 0.717) is 16.5 Å². The monoisotopic (exact) mass is 431 g/mol. The summed E-state index contributed by atoms with van der Waals surface area (Å²) in [5.41, 5.74) is 1.58. The fourth-order valence-corrected chi connectivity index (χ4v) is 4.75. The van der Waals surface area contributed by atoms with Gasteiger partial charge in [0.2, 0.25) is 0 Å². The Morgan fingerprint density at radius 1 is 1.23 bits per heavy atom. The van der Waals surface area contributed by atoms with Crippen molar-refractivity contribution in [3.8, 4) is 5.75 Å². The minimum atomic E-state index is -1.07. The molecule has 0 aliphatic heterocycles. The molecule has 2 N–H and O–H groups in total. The van der Waals surface area contributed by atoms with Crippen molar-refractivity contribution in [2.24, 2.45) is 5.92 Å². The summed E-state index contributed by atoms with van der Waals surface area (Å²) in [6, 6.07) is 5.56. The first-order chi connectivity index (χ1) is 14.3. The highest BCUT2D eigenvalue weighted by molar-refractivity contribution is 7.17. The van der Waals surface area contributed by atoms with E-state index in [9.17, 15) is 19.5 Å². The number of phenolic OH excluding ortho intramolecular Hbond substituents is 1. The molecule has 30 heavy (non-hydrogen) atoms. The number of anilines is 1. The molecular weight excluding hydrogens is 406 g/mol. The fraction of sp³-hybridized carbons (Fsp3) is 0.409. The summed E-state index contributed by atoms with van der Waals surface area (Å²) in [6.45, 7) is 5.61. The van der Waals surface area contributed by atoms with Crippen LogP contribution >= 0.6 is 11.3 Å². The topological polar surface area (TPSA) is 102 Å². The third-order valence-corrected chi connectivity index (χ3v) is 6.15. The molecule has 0 spiro atoms. The number of hydrogen-bond donors (Lipinski definition) is 2. The molecule has 0 saturated carbocycles. The number of nitrogens with one attached hydrogen (secondary N) is 1. The van der Waals surface area contributed by atoms with Crippen LogP contribution in [0.25, 0.3) is 0 Å². The van der Waals surface area contributed by atoms with Gasteiger partial charge in [0.05, 0.1) is 17.7 Å². The van der Waals surface area contributed by atoms with Gasteiger partial charge in [0.25, 0.3) is 5.91 Å². The summed E-state index contributed by atoms with van der Waals surface area (Å²) in [7, 11) is 0. The first kappa shape index (κ1) is 21.8. The fourth-order valence-electron chi connectivity index (χ4n) is 3.35. The van der Waals surface area contributed by atoms with Gasteiger partial charge in [-0.2, -0.15) is 0 Å². The molecule has 1 heterocycles. The average molecular weight is 432 g/mol. The van der Waals surface area contributed by atoms with Crippen LogP contribution in [0.15, 0.2) is 24.3 Å². The van der Waals surface area contributed by atoms with Crippen LogP contribution in [0.2, 0.25) is 0 Å². The molecular formula is C22H25NO6S. The number of ether oxygens (including phenoxy) is 2. The summed E-state index contributed by atoms with van der Waals surface area (Å²) in [4.78, 5) is 38.5. The Kier molecular flexibility index (Phi) is 6.77. The van der Waals surface area contributed by atoms with E-state index < -0.39 is 23.9 Å². The van der Waals surface area contributed by atoms with Crippen LogP contribution in [0, 0.1) is 5.92 Å². The first-order valence-electron chi connectivity index (χ1n) is 9.92. The number of phenols is 1. The van der Waals surface area contributed by atoms with E-state index in [2.05, 4.69) is 12.2 Å². The minimum Gasteiger partial charge on any atom is -0.508 e. The zero-order valence-corrected chi connectivity index (χ0v) is 18.0. The number of rotatable bonds is 6. The molecule has 8 heteroatoms. The van der Waals surface area contributed by atoms with Crippen LogP contribution < -0.4 is 5.32 Å². The molecule has 1 aromatic carbocycles. The molecule has 1 aromatic heterocycles. The molecule has 1 amide bonds.